The summed E-state index contributed by atoms with van der Waals surface area (Å²) in [5.41, 5.74) is 2.32. The van der Waals surface area contributed by atoms with Crippen LogP contribution < -0.4 is 0 Å². The lowest BCUT2D eigenvalue weighted by atomic mass is 10.1. The van der Waals surface area contributed by atoms with Gasteiger partial charge in [-0.05, 0) is 30.4 Å². The first-order chi connectivity index (χ1) is 8.22. The van der Waals surface area contributed by atoms with Crippen LogP contribution in [0.4, 0.5) is 0 Å². The van der Waals surface area contributed by atoms with E-state index in [1.165, 1.54) is 24.5 Å². The Morgan fingerprint density at radius 2 is 1.71 bits per heavy atom. The van der Waals surface area contributed by atoms with Crippen LogP contribution in [0.5, 0.6) is 0 Å². The highest BCUT2D eigenvalue weighted by atomic mass is 35.5. The Bertz CT molecular complexity index is 545. The zero-order valence-electron chi connectivity index (χ0n) is 9.03. The molecule has 0 saturated heterocycles. The highest BCUT2D eigenvalue weighted by Crippen LogP contribution is 2.40. The van der Waals surface area contributed by atoms with E-state index in [0.29, 0.717) is 22.0 Å². The fourth-order valence-corrected chi connectivity index (χ4v) is 2.29. The summed E-state index contributed by atoms with van der Waals surface area (Å²) in [6, 6.07) is 9.82. The third-order valence-corrected chi connectivity index (χ3v) is 3.24. The molecule has 0 bridgehead atoms. The zero-order chi connectivity index (χ0) is 11.8. The summed E-state index contributed by atoms with van der Waals surface area (Å²) < 4.78 is 0. The number of aromatic nitrogens is 2. The molecule has 0 unspecified atom stereocenters. The smallest absolute Gasteiger partial charge is 0.162 e. The molecule has 1 aromatic heterocycles. The number of halogens is 2. The van der Waals surface area contributed by atoms with Gasteiger partial charge in [0.1, 0.15) is 10.3 Å². The van der Waals surface area contributed by atoms with Gasteiger partial charge < -0.3 is 0 Å². The third-order valence-electron chi connectivity index (χ3n) is 2.86. The largest absolute Gasteiger partial charge is 0.216 e. The van der Waals surface area contributed by atoms with Crippen LogP contribution in [0.25, 0.3) is 11.4 Å². The molecule has 17 heavy (non-hydrogen) atoms. The average Bonchev–Trinajstić information content (AvgIpc) is 3.12. The standard InChI is InChI=1S/C13H10Cl2N2/c14-11-7-12(15)17-13(16-11)10-3-1-2-9(6-10)8-4-5-8/h1-3,6-8H,4-5H2. The second-order valence-corrected chi connectivity index (χ2v) is 5.01. The molecule has 1 fully saturated rings. The SMILES string of the molecule is Clc1cc(Cl)nc(-c2cccc(C3CC3)c2)n1. The van der Waals surface area contributed by atoms with Gasteiger partial charge in [-0.1, -0.05) is 41.4 Å². The van der Waals surface area contributed by atoms with Crippen molar-refractivity contribution < 1.29 is 0 Å². The molecular weight excluding hydrogens is 255 g/mol. The average molecular weight is 265 g/mol. The molecule has 0 radical (unpaired) electrons. The summed E-state index contributed by atoms with van der Waals surface area (Å²) in [7, 11) is 0. The van der Waals surface area contributed by atoms with E-state index < -0.39 is 0 Å². The lowest BCUT2D eigenvalue weighted by Gasteiger charge is -2.04. The topological polar surface area (TPSA) is 25.8 Å². The number of rotatable bonds is 2. The van der Waals surface area contributed by atoms with Crippen molar-refractivity contribution in [2.75, 3.05) is 0 Å². The Morgan fingerprint density at radius 3 is 2.35 bits per heavy atom. The van der Waals surface area contributed by atoms with E-state index in [1.807, 2.05) is 12.1 Å². The van der Waals surface area contributed by atoms with Gasteiger partial charge >= 0.3 is 0 Å². The summed E-state index contributed by atoms with van der Waals surface area (Å²) in [6.07, 6.45) is 2.56. The molecule has 0 N–H and O–H groups in total. The number of hydrogen-bond donors (Lipinski definition) is 0. The Balaban J connectivity index is 2.04. The maximum Gasteiger partial charge on any atom is 0.162 e. The van der Waals surface area contributed by atoms with Crippen LogP contribution in [0, 0.1) is 0 Å². The molecule has 1 aliphatic carbocycles. The first kappa shape index (κ1) is 11.0. The van der Waals surface area contributed by atoms with Crippen LogP contribution in [0.15, 0.2) is 30.3 Å². The number of benzene rings is 1. The minimum atomic E-state index is 0.372. The Labute approximate surface area is 110 Å². The fourth-order valence-electron chi connectivity index (χ4n) is 1.87. The molecule has 4 heteroatoms. The van der Waals surface area contributed by atoms with E-state index in [1.54, 1.807) is 0 Å². The number of nitrogens with zero attached hydrogens (tertiary/aromatic N) is 2. The zero-order valence-corrected chi connectivity index (χ0v) is 10.5. The van der Waals surface area contributed by atoms with E-state index in [2.05, 4.69) is 22.1 Å². The summed E-state index contributed by atoms with van der Waals surface area (Å²) in [5, 5.41) is 0.744. The molecule has 3 rings (SSSR count). The molecule has 1 aromatic carbocycles. The van der Waals surface area contributed by atoms with Gasteiger partial charge in [0.05, 0.1) is 0 Å². The van der Waals surface area contributed by atoms with Gasteiger partial charge in [-0.2, -0.15) is 0 Å². The lowest BCUT2D eigenvalue weighted by molar-refractivity contribution is 1.12. The second-order valence-electron chi connectivity index (χ2n) is 4.24. The van der Waals surface area contributed by atoms with E-state index in [9.17, 15) is 0 Å². The van der Waals surface area contributed by atoms with Gasteiger partial charge in [0.25, 0.3) is 0 Å². The minimum Gasteiger partial charge on any atom is -0.216 e. The highest BCUT2D eigenvalue weighted by molar-refractivity contribution is 6.33. The molecule has 86 valence electrons. The number of hydrogen-bond acceptors (Lipinski definition) is 2. The Hall–Kier alpha value is -1.12. The van der Waals surface area contributed by atoms with Crippen molar-refractivity contribution >= 4 is 23.2 Å². The van der Waals surface area contributed by atoms with Crippen molar-refractivity contribution in [1.29, 1.82) is 0 Å². The normalized spacial score (nSPS) is 14.9. The van der Waals surface area contributed by atoms with Crippen molar-refractivity contribution in [3.05, 3.63) is 46.2 Å². The van der Waals surface area contributed by atoms with E-state index in [0.717, 1.165) is 5.56 Å². The Kier molecular flexibility index (Phi) is 2.77. The summed E-state index contributed by atoms with van der Waals surface area (Å²) in [4.78, 5) is 8.39. The van der Waals surface area contributed by atoms with Crippen molar-refractivity contribution in [3.63, 3.8) is 0 Å². The van der Waals surface area contributed by atoms with E-state index >= 15 is 0 Å². The predicted octanol–water partition coefficient (Wildman–Crippen LogP) is 4.33. The maximum absolute atomic E-state index is 5.88. The van der Waals surface area contributed by atoms with Crippen molar-refractivity contribution in [3.8, 4) is 11.4 Å². The quantitative estimate of drug-likeness (QED) is 0.755. The molecule has 0 amide bonds. The highest BCUT2D eigenvalue weighted by Gasteiger charge is 2.23. The maximum atomic E-state index is 5.88. The molecule has 0 atom stereocenters. The second kappa shape index (κ2) is 4.28. The van der Waals surface area contributed by atoms with Crippen LogP contribution in [0.1, 0.15) is 24.3 Å². The summed E-state index contributed by atoms with van der Waals surface area (Å²) >= 11 is 11.8. The molecule has 2 aromatic rings. The molecule has 1 heterocycles. The minimum absolute atomic E-state index is 0.372. The van der Waals surface area contributed by atoms with Crippen LogP contribution in [-0.2, 0) is 0 Å². The van der Waals surface area contributed by atoms with E-state index in [4.69, 9.17) is 23.2 Å². The molecule has 2 nitrogen and oxygen atoms in total. The summed E-state index contributed by atoms with van der Waals surface area (Å²) in [5.74, 6) is 1.30. The van der Waals surface area contributed by atoms with Crippen LogP contribution >= 0.6 is 23.2 Å². The van der Waals surface area contributed by atoms with Crippen LogP contribution in [0.2, 0.25) is 10.3 Å². The van der Waals surface area contributed by atoms with Gasteiger partial charge in [-0.25, -0.2) is 9.97 Å². The Morgan fingerprint density at radius 1 is 1.00 bits per heavy atom. The van der Waals surface area contributed by atoms with E-state index in [-0.39, 0.29) is 0 Å². The molecule has 0 spiro atoms. The first-order valence-corrected chi connectivity index (χ1v) is 6.28. The monoisotopic (exact) mass is 264 g/mol. The lowest BCUT2D eigenvalue weighted by Crippen LogP contribution is -1.91. The van der Waals surface area contributed by atoms with Gasteiger partial charge in [0.15, 0.2) is 5.82 Å². The molecule has 1 saturated carbocycles. The van der Waals surface area contributed by atoms with Gasteiger partial charge in [0.2, 0.25) is 0 Å². The van der Waals surface area contributed by atoms with Crippen molar-refractivity contribution in [2.24, 2.45) is 0 Å². The van der Waals surface area contributed by atoms with Gasteiger partial charge in [-0.3, -0.25) is 0 Å². The van der Waals surface area contributed by atoms with Gasteiger partial charge in [0, 0.05) is 11.6 Å². The van der Waals surface area contributed by atoms with Crippen LogP contribution in [-0.4, -0.2) is 9.97 Å². The molecule has 1 aliphatic rings. The first-order valence-electron chi connectivity index (χ1n) is 5.53. The van der Waals surface area contributed by atoms with Crippen LogP contribution in [0.3, 0.4) is 0 Å². The van der Waals surface area contributed by atoms with Gasteiger partial charge in [-0.15, -0.1) is 0 Å². The third kappa shape index (κ3) is 2.43. The molecule has 0 aliphatic heterocycles. The summed E-state index contributed by atoms with van der Waals surface area (Å²) in [6.45, 7) is 0. The predicted molar refractivity (Wildman–Crippen MR) is 69.5 cm³/mol. The molecular formula is C13H10Cl2N2. The van der Waals surface area contributed by atoms with Crippen molar-refractivity contribution in [2.45, 2.75) is 18.8 Å². The fraction of sp³-hybridized carbons (Fsp3) is 0.231. The van der Waals surface area contributed by atoms with Crippen molar-refractivity contribution in [1.82, 2.24) is 9.97 Å².